The van der Waals surface area contributed by atoms with Crippen molar-refractivity contribution < 1.29 is 9.47 Å². The van der Waals surface area contributed by atoms with E-state index in [4.69, 9.17) is 9.47 Å². The third kappa shape index (κ3) is 1.69. The predicted molar refractivity (Wildman–Crippen MR) is 81.7 cm³/mol. The maximum atomic E-state index is 6.14. The topological polar surface area (TPSA) is 21.8 Å². The first-order valence-corrected chi connectivity index (χ1v) is 8.94. The molecule has 6 atom stereocenters. The van der Waals surface area contributed by atoms with Crippen LogP contribution < -0.4 is 0 Å². The Bertz CT molecular complexity index is 520. The van der Waals surface area contributed by atoms with Crippen LogP contribution in [-0.4, -0.2) is 18.8 Å². The van der Waals surface area contributed by atoms with Gasteiger partial charge >= 0.3 is 0 Å². The van der Waals surface area contributed by atoms with E-state index in [9.17, 15) is 0 Å². The molecule has 0 radical (unpaired) electrons. The molecule has 3 saturated carbocycles. The highest BCUT2D eigenvalue weighted by Crippen LogP contribution is 2.66. The fourth-order valence-corrected chi connectivity index (χ4v) is 6.30. The number of rotatable bonds is 1. The molecule has 2 nitrogen and oxygen atoms in total. The van der Waals surface area contributed by atoms with E-state index in [1.807, 2.05) is 7.11 Å². The SMILES string of the molecule is COC1=CC=C2C(CC1)CCC1C2CCC23OC2CCC13. The van der Waals surface area contributed by atoms with Gasteiger partial charge in [-0.25, -0.2) is 0 Å². The van der Waals surface area contributed by atoms with Gasteiger partial charge in [-0.05, 0) is 74.7 Å². The summed E-state index contributed by atoms with van der Waals surface area (Å²) >= 11 is 0. The minimum atomic E-state index is 0.354. The molecule has 6 unspecified atom stereocenters. The zero-order chi connectivity index (χ0) is 14.0. The summed E-state index contributed by atoms with van der Waals surface area (Å²) in [5.41, 5.74) is 2.12. The van der Waals surface area contributed by atoms with E-state index in [0.717, 1.165) is 30.1 Å². The molecule has 1 saturated heterocycles. The number of epoxide rings is 1. The first kappa shape index (κ1) is 12.8. The lowest BCUT2D eigenvalue weighted by Crippen LogP contribution is -2.43. The number of hydrogen-bond acceptors (Lipinski definition) is 2. The number of allylic oxidation sites excluding steroid dienone is 4. The van der Waals surface area contributed by atoms with Crippen molar-refractivity contribution in [3.8, 4) is 0 Å². The lowest BCUT2D eigenvalue weighted by Gasteiger charge is -2.47. The number of ether oxygens (including phenoxy) is 2. The normalized spacial score (nSPS) is 50.6. The number of methoxy groups -OCH3 is 1. The van der Waals surface area contributed by atoms with Crippen molar-refractivity contribution in [2.45, 2.75) is 63.1 Å². The Morgan fingerprint density at radius 2 is 2.05 bits per heavy atom. The van der Waals surface area contributed by atoms with Crippen molar-refractivity contribution >= 4 is 0 Å². The van der Waals surface area contributed by atoms with Crippen molar-refractivity contribution in [2.24, 2.45) is 23.7 Å². The Kier molecular flexibility index (Phi) is 2.66. The van der Waals surface area contributed by atoms with E-state index in [0.29, 0.717) is 11.7 Å². The molecule has 5 rings (SSSR count). The molecule has 0 aromatic heterocycles. The summed E-state index contributed by atoms with van der Waals surface area (Å²) in [6.45, 7) is 0. The summed E-state index contributed by atoms with van der Waals surface area (Å²) in [5.74, 6) is 4.62. The van der Waals surface area contributed by atoms with Gasteiger partial charge in [0, 0.05) is 6.42 Å². The third-order valence-corrected chi connectivity index (χ3v) is 7.31. The molecule has 0 bridgehead atoms. The standard InChI is InChI=1S/C19H26O2/c1-20-13-4-2-12-3-6-16-15(14(12)7-5-13)10-11-19-17(16)8-9-18(19)21-19/h5,7,12,15-18H,2-4,6,8-11H2,1H3. The van der Waals surface area contributed by atoms with E-state index >= 15 is 0 Å². The molecule has 0 amide bonds. The summed E-state index contributed by atoms with van der Waals surface area (Å²) < 4.78 is 11.6. The second kappa shape index (κ2) is 4.38. The molecule has 21 heavy (non-hydrogen) atoms. The van der Waals surface area contributed by atoms with E-state index < -0.39 is 0 Å². The van der Waals surface area contributed by atoms with Gasteiger partial charge in [0.05, 0.1) is 24.6 Å². The quantitative estimate of drug-likeness (QED) is 0.673. The van der Waals surface area contributed by atoms with Gasteiger partial charge in [-0.1, -0.05) is 11.6 Å². The van der Waals surface area contributed by atoms with Crippen LogP contribution in [0.4, 0.5) is 0 Å². The predicted octanol–water partition coefficient (Wildman–Crippen LogP) is 4.22. The molecular formula is C19H26O2. The average molecular weight is 286 g/mol. The van der Waals surface area contributed by atoms with E-state index in [1.165, 1.54) is 50.7 Å². The molecule has 0 aromatic rings. The molecule has 2 heteroatoms. The zero-order valence-corrected chi connectivity index (χ0v) is 13.0. The maximum Gasteiger partial charge on any atom is 0.0979 e. The monoisotopic (exact) mass is 286 g/mol. The molecule has 5 aliphatic rings. The molecule has 0 aromatic carbocycles. The second-order valence-electron chi connectivity index (χ2n) is 7.87. The molecule has 4 aliphatic carbocycles. The van der Waals surface area contributed by atoms with Gasteiger partial charge in [0.15, 0.2) is 0 Å². The van der Waals surface area contributed by atoms with Crippen LogP contribution in [-0.2, 0) is 9.47 Å². The van der Waals surface area contributed by atoms with Crippen LogP contribution in [0.1, 0.15) is 51.4 Å². The van der Waals surface area contributed by atoms with Crippen LogP contribution in [0.5, 0.6) is 0 Å². The fraction of sp³-hybridized carbons (Fsp3) is 0.789. The highest BCUT2D eigenvalue weighted by molar-refractivity contribution is 5.29. The summed E-state index contributed by atoms with van der Waals surface area (Å²) in [7, 11) is 1.82. The van der Waals surface area contributed by atoms with Gasteiger partial charge in [-0.15, -0.1) is 0 Å². The Labute approximate surface area is 127 Å². The summed E-state index contributed by atoms with van der Waals surface area (Å²) in [4.78, 5) is 0. The molecule has 0 N–H and O–H groups in total. The Morgan fingerprint density at radius 3 is 2.90 bits per heavy atom. The largest absolute Gasteiger partial charge is 0.501 e. The van der Waals surface area contributed by atoms with E-state index in [2.05, 4.69) is 12.2 Å². The highest BCUT2D eigenvalue weighted by Gasteiger charge is 2.69. The first-order chi connectivity index (χ1) is 10.3. The molecular weight excluding hydrogens is 260 g/mol. The smallest absolute Gasteiger partial charge is 0.0979 e. The maximum absolute atomic E-state index is 6.14. The van der Waals surface area contributed by atoms with Crippen LogP contribution in [0.25, 0.3) is 0 Å². The molecule has 1 spiro atoms. The van der Waals surface area contributed by atoms with Gasteiger partial charge in [0.2, 0.25) is 0 Å². The van der Waals surface area contributed by atoms with Crippen LogP contribution in [0.3, 0.4) is 0 Å². The van der Waals surface area contributed by atoms with Crippen LogP contribution in [0, 0.1) is 23.7 Å². The van der Waals surface area contributed by atoms with E-state index in [-0.39, 0.29) is 0 Å². The summed E-state index contributed by atoms with van der Waals surface area (Å²) in [6, 6.07) is 0. The molecule has 4 fully saturated rings. The molecule has 1 aliphatic heterocycles. The van der Waals surface area contributed by atoms with E-state index in [1.54, 1.807) is 5.57 Å². The Morgan fingerprint density at radius 1 is 1.10 bits per heavy atom. The van der Waals surface area contributed by atoms with Crippen LogP contribution in [0.2, 0.25) is 0 Å². The third-order valence-electron chi connectivity index (χ3n) is 7.31. The Hall–Kier alpha value is -0.760. The number of fused-ring (bicyclic) bond motifs is 4. The van der Waals surface area contributed by atoms with Crippen LogP contribution in [0.15, 0.2) is 23.5 Å². The van der Waals surface area contributed by atoms with Crippen molar-refractivity contribution in [3.05, 3.63) is 23.5 Å². The summed E-state index contributed by atoms with van der Waals surface area (Å²) in [6.07, 6.45) is 16.1. The Balaban J connectivity index is 1.46. The zero-order valence-electron chi connectivity index (χ0n) is 13.0. The second-order valence-corrected chi connectivity index (χ2v) is 7.87. The average Bonchev–Trinajstić information content (AvgIpc) is 3.16. The van der Waals surface area contributed by atoms with Crippen LogP contribution >= 0.6 is 0 Å². The fourth-order valence-electron chi connectivity index (χ4n) is 6.30. The minimum absolute atomic E-state index is 0.354. The summed E-state index contributed by atoms with van der Waals surface area (Å²) in [5, 5.41) is 0. The van der Waals surface area contributed by atoms with Crippen molar-refractivity contribution in [1.82, 2.24) is 0 Å². The van der Waals surface area contributed by atoms with Crippen molar-refractivity contribution in [2.75, 3.05) is 7.11 Å². The highest BCUT2D eigenvalue weighted by atomic mass is 16.6. The van der Waals surface area contributed by atoms with Crippen molar-refractivity contribution in [1.29, 1.82) is 0 Å². The van der Waals surface area contributed by atoms with Gasteiger partial charge in [-0.3, -0.25) is 0 Å². The first-order valence-electron chi connectivity index (χ1n) is 8.94. The number of hydrogen-bond donors (Lipinski definition) is 0. The van der Waals surface area contributed by atoms with Gasteiger partial charge in [0.1, 0.15) is 0 Å². The minimum Gasteiger partial charge on any atom is -0.501 e. The van der Waals surface area contributed by atoms with Gasteiger partial charge in [-0.2, -0.15) is 0 Å². The molecule has 1 heterocycles. The van der Waals surface area contributed by atoms with Gasteiger partial charge in [0.25, 0.3) is 0 Å². The molecule has 114 valence electrons. The lowest BCUT2D eigenvalue weighted by molar-refractivity contribution is 0.0368. The van der Waals surface area contributed by atoms with Gasteiger partial charge < -0.3 is 9.47 Å². The van der Waals surface area contributed by atoms with Crippen molar-refractivity contribution in [3.63, 3.8) is 0 Å². The lowest BCUT2D eigenvalue weighted by atomic mass is 9.58.